The van der Waals surface area contributed by atoms with Crippen LogP contribution < -0.4 is 15.4 Å². The van der Waals surface area contributed by atoms with Crippen LogP contribution in [0, 0.1) is 0 Å². The number of hydrogen-bond acceptors (Lipinski definition) is 3. The SMILES string of the molecule is COc1ccccc1NC(=O)CNc1ccc(Br)cc1Br. The van der Waals surface area contributed by atoms with E-state index in [-0.39, 0.29) is 12.5 Å². The fourth-order valence-corrected chi connectivity index (χ4v) is 2.94. The minimum absolute atomic E-state index is 0.144. The van der Waals surface area contributed by atoms with Crippen molar-refractivity contribution in [3.63, 3.8) is 0 Å². The third-order valence-corrected chi connectivity index (χ3v) is 3.90. The van der Waals surface area contributed by atoms with E-state index in [0.29, 0.717) is 11.4 Å². The molecule has 2 N–H and O–H groups in total. The van der Waals surface area contributed by atoms with Crippen molar-refractivity contribution in [2.45, 2.75) is 0 Å². The monoisotopic (exact) mass is 412 g/mol. The molecule has 0 heterocycles. The van der Waals surface area contributed by atoms with Gasteiger partial charge in [-0.2, -0.15) is 0 Å². The molecule has 110 valence electrons. The highest BCUT2D eigenvalue weighted by molar-refractivity contribution is 9.11. The average molecular weight is 414 g/mol. The third kappa shape index (κ3) is 4.47. The van der Waals surface area contributed by atoms with E-state index in [0.717, 1.165) is 14.6 Å². The van der Waals surface area contributed by atoms with Crippen molar-refractivity contribution in [3.8, 4) is 5.75 Å². The second kappa shape index (κ2) is 7.47. The van der Waals surface area contributed by atoms with E-state index in [9.17, 15) is 4.79 Å². The summed E-state index contributed by atoms with van der Waals surface area (Å²) in [7, 11) is 1.57. The fourth-order valence-electron chi connectivity index (χ4n) is 1.75. The molecule has 2 aromatic carbocycles. The summed E-state index contributed by atoms with van der Waals surface area (Å²) >= 11 is 6.83. The summed E-state index contributed by atoms with van der Waals surface area (Å²) < 4.78 is 7.05. The molecule has 0 saturated carbocycles. The minimum Gasteiger partial charge on any atom is -0.495 e. The highest BCUT2D eigenvalue weighted by atomic mass is 79.9. The summed E-state index contributed by atoms with van der Waals surface area (Å²) in [5.41, 5.74) is 1.51. The number of methoxy groups -OCH3 is 1. The predicted molar refractivity (Wildman–Crippen MR) is 92.0 cm³/mol. The van der Waals surface area contributed by atoms with Gasteiger partial charge >= 0.3 is 0 Å². The van der Waals surface area contributed by atoms with Crippen LogP contribution in [0.25, 0.3) is 0 Å². The Balaban J connectivity index is 1.96. The molecule has 6 heteroatoms. The smallest absolute Gasteiger partial charge is 0.243 e. The van der Waals surface area contributed by atoms with E-state index in [1.165, 1.54) is 0 Å². The largest absolute Gasteiger partial charge is 0.495 e. The first-order valence-corrected chi connectivity index (χ1v) is 7.80. The van der Waals surface area contributed by atoms with E-state index < -0.39 is 0 Å². The Labute approximate surface area is 140 Å². The second-order valence-corrected chi connectivity index (χ2v) is 6.00. The molecule has 0 aliphatic heterocycles. The van der Waals surface area contributed by atoms with Gasteiger partial charge < -0.3 is 15.4 Å². The number of rotatable bonds is 5. The van der Waals surface area contributed by atoms with Gasteiger partial charge in [-0.25, -0.2) is 0 Å². The molecule has 21 heavy (non-hydrogen) atoms. The van der Waals surface area contributed by atoms with Gasteiger partial charge in [-0.1, -0.05) is 28.1 Å². The fraction of sp³-hybridized carbons (Fsp3) is 0.133. The molecule has 0 radical (unpaired) electrons. The van der Waals surface area contributed by atoms with E-state index >= 15 is 0 Å². The Morgan fingerprint density at radius 1 is 1.14 bits per heavy atom. The van der Waals surface area contributed by atoms with Crippen LogP contribution in [0.1, 0.15) is 0 Å². The van der Waals surface area contributed by atoms with Crippen molar-refractivity contribution < 1.29 is 9.53 Å². The lowest BCUT2D eigenvalue weighted by Gasteiger charge is -2.11. The maximum Gasteiger partial charge on any atom is 0.243 e. The van der Waals surface area contributed by atoms with Crippen molar-refractivity contribution in [2.24, 2.45) is 0 Å². The summed E-state index contributed by atoms with van der Waals surface area (Å²) in [6.07, 6.45) is 0. The summed E-state index contributed by atoms with van der Waals surface area (Å²) in [5.74, 6) is 0.491. The number of hydrogen-bond donors (Lipinski definition) is 2. The Morgan fingerprint density at radius 3 is 2.62 bits per heavy atom. The van der Waals surface area contributed by atoms with Gasteiger partial charge in [-0.15, -0.1) is 0 Å². The predicted octanol–water partition coefficient (Wildman–Crippen LogP) is 4.27. The Hall–Kier alpha value is -1.53. The molecule has 0 unspecified atom stereocenters. The van der Waals surface area contributed by atoms with Crippen molar-refractivity contribution in [2.75, 3.05) is 24.3 Å². The highest BCUT2D eigenvalue weighted by Gasteiger charge is 2.07. The first kappa shape index (κ1) is 15.9. The van der Waals surface area contributed by atoms with Gasteiger partial charge in [-0.05, 0) is 46.3 Å². The maximum atomic E-state index is 12.0. The van der Waals surface area contributed by atoms with Crippen molar-refractivity contribution in [3.05, 3.63) is 51.4 Å². The molecular formula is C15H14Br2N2O2. The number of halogens is 2. The molecule has 0 aliphatic carbocycles. The molecule has 0 spiro atoms. The Bertz CT molecular complexity index is 647. The topological polar surface area (TPSA) is 50.4 Å². The van der Waals surface area contributed by atoms with Crippen molar-refractivity contribution >= 4 is 49.1 Å². The molecule has 1 amide bonds. The maximum absolute atomic E-state index is 12.0. The molecule has 0 bridgehead atoms. The zero-order chi connectivity index (χ0) is 15.2. The van der Waals surface area contributed by atoms with E-state index in [1.807, 2.05) is 30.3 Å². The third-order valence-electron chi connectivity index (χ3n) is 2.75. The lowest BCUT2D eigenvalue weighted by molar-refractivity contribution is -0.114. The van der Waals surface area contributed by atoms with Crippen LogP contribution in [0.2, 0.25) is 0 Å². The summed E-state index contributed by atoms with van der Waals surface area (Å²) in [6, 6.07) is 13.0. The number of carbonyl (C=O) groups excluding carboxylic acids is 1. The number of nitrogens with one attached hydrogen (secondary N) is 2. The van der Waals surface area contributed by atoms with Crippen LogP contribution in [0.5, 0.6) is 5.75 Å². The van der Waals surface area contributed by atoms with Gasteiger partial charge in [0.25, 0.3) is 0 Å². The Kier molecular flexibility index (Phi) is 5.64. The first-order chi connectivity index (χ1) is 10.1. The molecule has 2 aromatic rings. The number of amides is 1. The van der Waals surface area contributed by atoms with Gasteiger partial charge in [0.2, 0.25) is 5.91 Å². The van der Waals surface area contributed by atoms with Gasteiger partial charge in [-0.3, -0.25) is 4.79 Å². The molecule has 0 atom stereocenters. The lowest BCUT2D eigenvalue weighted by atomic mass is 10.3. The van der Waals surface area contributed by atoms with Crippen LogP contribution in [0.3, 0.4) is 0 Å². The zero-order valence-corrected chi connectivity index (χ0v) is 14.5. The molecule has 0 aliphatic rings. The minimum atomic E-state index is -0.144. The number of carbonyl (C=O) groups is 1. The quantitative estimate of drug-likeness (QED) is 0.769. The number of benzene rings is 2. The van der Waals surface area contributed by atoms with Crippen LogP contribution in [-0.4, -0.2) is 19.6 Å². The normalized spacial score (nSPS) is 10.0. The number of anilines is 2. The van der Waals surface area contributed by atoms with Crippen molar-refractivity contribution in [1.29, 1.82) is 0 Å². The number of ether oxygens (including phenoxy) is 1. The summed E-state index contributed by atoms with van der Waals surface area (Å²) in [6.45, 7) is 0.165. The van der Waals surface area contributed by atoms with Crippen LogP contribution in [0.15, 0.2) is 51.4 Å². The van der Waals surface area contributed by atoms with Gasteiger partial charge in [0.1, 0.15) is 5.75 Å². The zero-order valence-electron chi connectivity index (χ0n) is 11.3. The molecule has 4 nitrogen and oxygen atoms in total. The molecule has 2 rings (SSSR count). The van der Waals surface area contributed by atoms with Crippen LogP contribution in [-0.2, 0) is 4.79 Å². The van der Waals surface area contributed by atoms with Crippen LogP contribution >= 0.6 is 31.9 Å². The first-order valence-electron chi connectivity index (χ1n) is 6.22. The lowest BCUT2D eigenvalue weighted by Crippen LogP contribution is -2.22. The standard InChI is InChI=1S/C15H14Br2N2O2/c1-21-14-5-3-2-4-13(14)19-15(20)9-18-12-7-6-10(16)8-11(12)17/h2-8,18H,9H2,1H3,(H,19,20). The van der Waals surface area contributed by atoms with Gasteiger partial charge in [0.15, 0.2) is 0 Å². The van der Waals surface area contributed by atoms with E-state index in [4.69, 9.17) is 4.74 Å². The Morgan fingerprint density at radius 2 is 1.90 bits per heavy atom. The van der Waals surface area contributed by atoms with Gasteiger partial charge in [0.05, 0.1) is 19.3 Å². The molecular weight excluding hydrogens is 400 g/mol. The van der Waals surface area contributed by atoms with E-state index in [2.05, 4.69) is 42.5 Å². The highest BCUT2D eigenvalue weighted by Crippen LogP contribution is 2.26. The number of para-hydroxylation sites is 2. The molecule has 0 aromatic heterocycles. The molecule has 0 saturated heterocycles. The van der Waals surface area contributed by atoms with Crippen LogP contribution in [0.4, 0.5) is 11.4 Å². The second-order valence-electron chi connectivity index (χ2n) is 4.23. The molecule has 0 fully saturated rings. The summed E-state index contributed by atoms with van der Waals surface area (Å²) in [4.78, 5) is 12.0. The van der Waals surface area contributed by atoms with E-state index in [1.54, 1.807) is 19.2 Å². The summed E-state index contributed by atoms with van der Waals surface area (Å²) in [5, 5.41) is 5.89. The van der Waals surface area contributed by atoms with Gasteiger partial charge in [0, 0.05) is 14.6 Å². The van der Waals surface area contributed by atoms with Crippen molar-refractivity contribution in [1.82, 2.24) is 0 Å². The average Bonchev–Trinajstić information content (AvgIpc) is 2.47.